The van der Waals surface area contributed by atoms with Gasteiger partial charge in [-0.2, -0.15) is 5.26 Å². The van der Waals surface area contributed by atoms with Crippen molar-refractivity contribution in [2.24, 2.45) is 0 Å². The summed E-state index contributed by atoms with van der Waals surface area (Å²) in [5.41, 5.74) is 7.77. The van der Waals surface area contributed by atoms with E-state index >= 15 is 0 Å². The van der Waals surface area contributed by atoms with Crippen LogP contribution in [0.25, 0.3) is 40.1 Å². The van der Waals surface area contributed by atoms with Crippen LogP contribution in [0, 0.1) is 18.3 Å². The highest BCUT2D eigenvalue weighted by molar-refractivity contribution is 5.89. The first kappa shape index (κ1) is 21.3. The molecule has 0 amide bonds. The smallest absolute Gasteiger partial charge is 0.157 e. The number of benzene rings is 3. The van der Waals surface area contributed by atoms with Crippen LogP contribution in [0.4, 0.5) is 0 Å². The summed E-state index contributed by atoms with van der Waals surface area (Å²) in [6, 6.07) is 26.3. The fourth-order valence-electron chi connectivity index (χ4n) is 4.22. The number of hydrogen-bond acceptors (Lipinski definition) is 4. The van der Waals surface area contributed by atoms with Gasteiger partial charge in [0.1, 0.15) is 23.1 Å². The lowest BCUT2D eigenvalue weighted by Gasteiger charge is -2.13. The summed E-state index contributed by atoms with van der Waals surface area (Å²) >= 11 is 0. The van der Waals surface area contributed by atoms with Crippen molar-refractivity contribution in [1.82, 2.24) is 9.38 Å². The predicted octanol–water partition coefficient (Wildman–Crippen LogP) is 6.52. The number of nitriles is 1. The normalized spacial score (nSPS) is 11.2. The minimum absolute atomic E-state index is 0.527. The maximum absolute atomic E-state index is 10.1. The largest absolute Gasteiger partial charge is 0.497 e. The van der Waals surface area contributed by atoms with Crippen LogP contribution in [0.2, 0.25) is 0 Å². The topological polar surface area (TPSA) is 59.5 Å². The molecule has 5 heteroatoms. The van der Waals surface area contributed by atoms with E-state index in [9.17, 15) is 5.26 Å². The van der Waals surface area contributed by atoms with Gasteiger partial charge in [0.25, 0.3) is 0 Å². The number of aryl methyl sites for hydroxylation is 1. The quantitative estimate of drug-likeness (QED) is 0.309. The Morgan fingerprint density at radius 1 is 0.853 bits per heavy atom. The van der Waals surface area contributed by atoms with Gasteiger partial charge in [0.2, 0.25) is 0 Å². The van der Waals surface area contributed by atoms with Gasteiger partial charge in [-0.25, -0.2) is 4.98 Å². The molecule has 0 aliphatic carbocycles. The number of rotatable bonds is 5. The molecule has 2 heterocycles. The van der Waals surface area contributed by atoms with Gasteiger partial charge in [-0.05, 0) is 53.9 Å². The second-order valence-corrected chi connectivity index (χ2v) is 8.02. The molecule has 0 N–H and O–H groups in total. The van der Waals surface area contributed by atoms with Gasteiger partial charge >= 0.3 is 0 Å². The van der Waals surface area contributed by atoms with Gasteiger partial charge in [-0.1, -0.05) is 48.6 Å². The fourth-order valence-corrected chi connectivity index (χ4v) is 4.22. The van der Waals surface area contributed by atoms with Gasteiger partial charge in [-0.3, -0.25) is 4.40 Å². The van der Waals surface area contributed by atoms with Gasteiger partial charge in [0.15, 0.2) is 5.65 Å². The van der Waals surface area contributed by atoms with E-state index in [1.807, 2.05) is 77.2 Å². The minimum Gasteiger partial charge on any atom is -0.497 e. The second-order valence-electron chi connectivity index (χ2n) is 8.02. The molecule has 34 heavy (non-hydrogen) atoms. The average molecular weight is 446 g/mol. The van der Waals surface area contributed by atoms with Crippen molar-refractivity contribution in [2.75, 3.05) is 14.2 Å². The van der Waals surface area contributed by atoms with E-state index in [-0.39, 0.29) is 0 Å². The number of methoxy groups -OCH3 is 2. The zero-order chi connectivity index (χ0) is 23.7. The van der Waals surface area contributed by atoms with E-state index in [1.165, 1.54) is 5.56 Å². The Kier molecular flexibility index (Phi) is 5.49. The maximum Gasteiger partial charge on any atom is 0.157 e. The monoisotopic (exact) mass is 445 g/mol. The van der Waals surface area contributed by atoms with E-state index in [2.05, 4.69) is 25.1 Å². The van der Waals surface area contributed by atoms with E-state index in [0.717, 1.165) is 33.4 Å². The Bertz CT molecular complexity index is 1580. The van der Waals surface area contributed by atoms with Crippen molar-refractivity contribution in [2.45, 2.75) is 6.92 Å². The maximum atomic E-state index is 10.1. The summed E-state index contributed by atoms with van der Waals surface area (Å²) in [6.07, 6.45) is 4.03. The number of imidazole rings is 1. The van der Waals surface area contributed by atoms with Crippen LogP contribution >= 0.6 is 0 Å². The standard InChI is InChI=1S/C29H23N3O2/c1-19-8-4-5-9-20(19)12-13-21-16-28(22-14-23(33-2)17-24(15-22)34-3)32-27-11-7-6-10-26(27)31-29(32)25(21)18-30/h4-17H,1-3H3. The molecule has 3 aromatic carbocycles. The molecule has 0 saturated carbocycles. The summed E-state index contributed by atoms with van der Waals surface area (Å²) in [6.45, 7) is 2.07. The number of fused-ring (bicyclic) bond motifs is 3. The van der Waals surface area contributed by atoms with Crippen molar-refractivity contribution in [3.8, 4) is 28.8 Å². The van der Waals surface area contributed by atoms with E-state index < -0.39 is 0 Å². The van der Waals surface area contributed by atoms with Crippen molar-refractivity contribution in [1.29, 1.82) is 5.26 Å². The molecular weight excluding hydrogens is 422 g/mol. The molecule has 2 aromatic heterocycles. The molecule has 5 aromatic rings. The highest BCUT2D eigenvalue weighted by Gasteiger charge is 2.18. The summed E-state index contributed by atoms with van der Waals surface area (Å²) < 4.78 is 13.1. The lowest BCUT2D eigenvalue weighted by molar-refractivity contribution is 0.394. The van der Waals surface area contributed by atoms with E-state index in [0.29, 0.717) is 22.7 Å². The molecular formula is C29H23N3O2. The molecule has 5 nitrogen and oxygen atoms in total. The summed E-state index contributed by atoms with van der Waals surface area (Å²) in [4.78, 5) is 4.83. The number of nitrogens with zero attached hydrogens (tertiary/aromatic N) is 3. The molecule has 0 spiro atoms. The van der Waals surface area contributed by atoms with Crippen molar-refractivity contribution < 1.29 is 9.47 Å². The third-order valence-corrected chi connectivity index (χ3v) is 6.00. The molecule has 0 saturated heterocycles. The van der Waals surface area contributed by atoms with Crippen LogP contribution in [0.15, 0.2) is 72.8 Å². The third-order valence-electron chi connectivity index (χ3n) is 6.00. The SMILES string of the molecule is COc1cc(OC)cc(-c2cc(C=Cc3ccccc3C)c(C#N)c3nc4ccccc4n23)c1. The lowest BCUT2D eigenvalue weighted by Crippen LogP contribution is -1.99. The Balaban J connectivity index is 1.84. The summed E-state index contributed by atoms with van der Waals surface area (Å²) in [5, 5.41) is 10.1. The minimum atomic E-state index is 0.527. The second kappa shape index (κ2) is 8.76. The fraction of sp³-hybridized carbons (Fsp3) is 0.103. The first-order valence-corrected chi connectivity index (χ1v) is 10.9. The van der Waals surface area contributed by atoms with Crippen LogP contribution < -0.4 is 9.47 Å². The van der Waals surface area contributed by atoms with Gasteiger partial charge in [-0.15, -0.1) is 0 Å². The number of ether oxygens (including phenoxy) is 2. The van der Waals surface area contributed by atoms with Crippen LogP contribution in [-0.4, -0.2) is 23.6 Å². The van der Waals surface area contributed by atoms with E-state index in [1.54, 1.807) is 14.2 Å². The van der Waals surface area contributed by atoms with Gasteiger partial charge in [0.05, 0.1) is 30.9 Å². The van der Waals surface area contributed by atoms with Gasteiger partial charge in [0, 0.05) is 11.6 Å². The molecule has 0 fully saturated rings. The summed E-state index contributed by atoms with van der Waals surface area (Å²) in [5.74, 6) is 1.38. The lowest BCUT2D eigenvalue weighted by atomic mass is 10.0. The number of hydrogen-bond donors (Lipinski definition) is 0. The van der Waals surface area contributed by atoms with Crippen LogP contribution in [-0.2, 0) is 0 Å². The molecule has 0 atom stereocenters. The molecule has 0 bridgehead atoms. The first-order valence-electron chi connectivity index (χ1n) is 10.9. The first-order chi connectivity index (χ1) is 16.6. The molecule has 5 rings (SSSR count). The Hall–Kier alpha value is -4.56. The molecule has 0 aliphatic rings. The molecule has 166 valence electrons. The van der Waals surface area contributed by atoms with Crippen LogP contribution in [0.5, 0.6) is 11.5 Å². The highest BCUT2D eigenvalue weighted by atomic mass is 16.5. The van der Waals surface area contributed by atoms with Crippen molar-refractivity contribution in [3.05, 3.63) is 95.1 Å². The van der Waals surface area contributed by atoms with Crippen molar-refractivity contribution >= 4 is 28.8 Å². The molecule has 0 radical (unpaired) electrons. The third kappa shape index (κ3) is 3.66. The zero-order valence-electron chi connectivity index (χ0n) is 19.2. The average Bonchev–Trinajstić information content (AvgIpc) is 3.26. The van der Waals surface area contributed by atoms with E-state index in [4.69, 9.17) is 14.5 Å². The number of pyridine rings is 1. The van der Waals surface area contributed by atoms with Crippen molar-refractivity contribution in [3.63, 3.8) is 0 Å². The molecule has 0 unspecified atom stereocenters. The van der Waals surface area contributed by atoms with Crippen LogP contribution in [0.3, 0.4) is 0 Å². The Morgan fingerprint density at radius 2 is 1.53 bits per heavy atom. The Morgan fingerprint density at radius 3 is 2.24 bits per heavy atom. The molecule has 0 aliphatic heterocycles. The number of aromatic nitrogens is 2. The van der Waals surface area contributed by atoms with Gasteiger partial charge < -0.3 is 9.47 Å². The summed E-state index contributed by atoms with van der Waals surface area (Å²) in [7, 11) is 3.27. The predicted molar refractivity (Wildman–Crippen MR) is 136 cm³/mol. The Labute approximate surface area is 198 Å². The highest BCUT2D eigenvalue weighted by Crippen LogP contribution is 2.35. The number of para-hydroxylation sites is 2. The van der Waals surface area contributed by atoms with Crippen LogP contribution in [0.1, 0.15) is 22.3 Å². The zero-order valence-corrected chi connectivity index (χ0v) is 19.2.